The first-order chi connectivity index (χ1) is 8.09. The number of rotatable bonds is 5. The van der Waals surface area contributed by atoms with Crippen molar-refractivity contribution in [1.82, 2.24) is 0 Å². The van der Waals surface area contributed by atoms with E-state index < -0.39 is 3.79 Å². The molecule has 0 heterocycles. The molecule has 0 aliphatic heterocycles. The van der Waals surface area contributed by atoms with Crippen molar-refractivity contribution < 1.29 is 9.53 Å². The first kappa shape index (κ1) is 16.7. The summed E-state index contributed by atoms with van der Waals surface area (Å²) in [6.45, 7) is 6.28. The van der Waals surface area contributed by atoms with Gasteiger partial charge in [0, 0.05) is 11.8 Å². The summed E-state index contributed by atoms with van der Waals surface area (Å²) in [4.78, 5) is 11.8. The predicted octanol–water partition coefficient (Wildman–Crippen LogP) is 4.58. The van der Waals surface area contributed by atoms with Crippen LogP contribution >= 0.6 is 46.4 Å². The molecule has 0 bridgehead atoms. The number of carbonyl (C=O) groups is 1. The third kappa shape index (κ3) is 4.33. The van der Waals surface area contributed by atoms with E-state index >= 15 is 0 Å². The molecular formula is C12H18Cl4O2. The summed E-state index contributed by atoms with van der Waals surface area (Å²) in [5, 5.41) is -0.249. The van der Waals surface area contributed by atoms with Crippen LogP contribution in [0.2, 0.25) is 0 Å². The minimum Gasteiger partial charge on any atom is -0.466 e. The van der Waals surface area contributed by atoms with Crippen molar-refractivity contribution in [2.75, 3.05) is 6.61 Å². The van der Waals surface area contributed by atoms with E-state index in [1.54, 1.807) is 6.92 Å². The van der Waals surface area contributed by atoms with Crippen LogP contribution in [0.15, 0.2) is 0 Å². The lowest BCUT2D eigenvalue weighted by Gasteiger charge is -2.15. The fourth-order valence-electron chi connectivity index (χ4n) is 2.49. The Kier molecular flexibility index (Phi) is 5.51. The van der Waals surface area contributed by atoms with Gasteiger partial charge in [-0.2, -0.15) is 0 Å². The molecule has 18 heavy (non-hydrogen) atoms. The molecule has 0 aromatic carbocycles. The molecule has 1 unspecified atom stereocenters. The summed E-state index contributed by atoms with van der Waals surface area (Å²) in [5.74, 6) is -0.0364. The molecule has 1 aliphatic rings. The molecule has 0 saturated heterocycles. The van der Waals surface area contributed by atoms with Crippen molar-refractivity contribution in [1.29, 1.82) is 0 Å². The summed E-state index contributed by atoms with van der Waals surface area (Å²) in [7, 11) is 0. The van der Waals surface area contributed by atoms with Gasteiger partial charge in [0.2, 0.25) is 0 Å². The smallest absolute Gasteiger partial charge is 0.309 e. The maximum atomic E-state index is 11.8. The van der Waals surface area contributed by atoms with Crippen LogP contribution in [0.3, 0.4) is 0 Å². The van der Waals surface area contributed by atoms with Gasteiger partial charge in [-0.25, -0.2) is 0 Å². The second kappa shape index (κ2) is 5.95. The first-order valence-electron chi connectivity index (χ1n) is 5.97. The van der Waals surface area contributed by atoms with Crippen LogP contribution in [0, 0.1) is 17.3 Å². The summed E-state index contributed by atoms with van der Waals surface area (Å²) < 4.78 is 3.71. The Bertz CT molecular complexity index is 312. The van der Waals surface area contributed by atoms with E-state index in [0.717, 1.165) is 0 Å². The van der Waals surface area contributed by atoms with E-state index in [-0.39, 0.29) is 35.0 Å². The van der Waals surface area contributed by atoms with Crippen molar-refractivity contribution in [3.05, 3.63) is 0 Å². The molecular weight excluding hydrogens is 318 g/mol. The van der Waals surface area contributed by atoms with Crippen LogP contribution in [0.4, 0.5) is 0 Å². The van der Waals surface area contributed by atoms with Gasteiger partial charge in [0.1, 0.15) is 0 Å². The standard InChI is InChI=1S/C12H18Cl4O2/c1-4-18-10(17)9-8(11(9,2)3)5-7(13)6-12(14,15)16/h7-9H,4-6H2,1-3H3/t7?,8-,9-/m0/s1. The second-order valence-corrected chi connectivity index (χ2v) is 8.44. The maximum Gasteiger partial charge on any atom is 0.309 e. The minimum atomic E-state index is -1.34. The molecule has 1 saturated carbocycles. The van der Waals surface area contributed by atoms with Gasteiger partial charge in [0.15, 0.2) is 3.79 Å². The second-order valence-electron chi connectivity index (χ2n) is 5.31. The average molecular weight is 336 g/mol. The normalized spacial score (nSPS) is 27.7. The zero-order valence-electron chi connectivity index (χ0n) is 10.7. The van der Waals surface area contributed by atoms with E-state index in [1.807, 2.05) is 13.8 Å². The highest BCUT2D eigenvalue weighted by molar-refractivity contribution is 6.67. The van der Waals surface area contributed by atoms with Gasteiger partial charge in [-0.05, 0) is 24.7 Å². The molecule has 0 N–H and O–H groups in total. The van der Waals surface area contributed by atoms with Gasteiger partial charge in [-0.3, -0.25) is 4.79 Å². The van der Waals surface area contributed by atoms with Crippen molar-refractivity contribution in [2.24, 2.45) is 17.3 Å². The number of hydrogen-bond acceptors (Lipinski definition) is 2. The van der Waals surface area contributed by atoms with Crippen LogP contribution in [-0.4, -0.2) is 21.7 Å². The number of ether oxygens (including phenoxy) is 1. The Morgan fingerprint density at radius 1 is 1.39 bits per heavy atom. The topological polar surface area (TPSA) is 26.3 Å². The lowest BCUT2D eigenvalue weighted by molar-refractivity contribution is -0.145. The lowest BCUT2D eigenvalue weighted by Crippen LogP contribution is -2.14. The minimum absolute atomic E-state index is 0.0764. The third-order valence-electron chi connectivity index (χ3n) is 3.55. The van der Waals surface area contributed by atoms with Crippen molar-refractivity contribution in [3.63, 3.8) is 0 Å². The quantitative estimate of drug-likeness (QED) is 0.543. The van der Waals surface area contributed by atoms with Crippen molar-refractivity contribution >= 4 is 52.4 Å². The zero-order valence-corrected chi connectivity index (χ0v) is 13.7. The van der Waals surface area contributed by atoms with Crippen LogP contribution in [0.1, 0.15) is 33.6 Å². The van der Waals surface area contributed by atoms with Gasteiger partial charge in [0.25, 0.3) is 0 Å². The fourth-order valence-corrected chi connectivity index (χ4v) is 3.71. The Morgan fingerprint density at radius 3 is 2.39 bits per heavy atom. The SMILES string of the molecule is CCOC(=O)[C@@H]1[C@H](CC(Cl)CC(Cl)(Cl)Cl)C1(C)C. The van der Waals surface area contributed by atoms with Gasteiger partial charge in [-0.1, -0.05) is 48.7 Å². The molecule has 3 atom stereocenters. The molecule has 0 amide bonds. The van der Waals surface area contributed by atoms with E-state index in [1.165, 1.54) is 0 Å². The van der Waals surface area contributed by atoms with Crippen LogP contribution < -0.4 is 0 Å². The maximum absolute atomic E-state index is 11.8. The molecule has 2 nitrogen and oxygen atoms in total. The van der Waals surface area contributed by atoms with Gasteiger partial charge in [-0.15, -0.1) is 11.6 Å². The van der Waals surface area contributed by atoms with Crippen LogP contribution in [0.5, 0.6) is 0 Å². The molecule has 1 aliphatic carbocycles. The van der Waals surface area contributed by atoms with Gasteiger partial charge in [0.05, 0.1) is 12.5 Å². The molecule has 1 rings (SSSR count). The highest BCUT2D eigenvalue weighted by Gasteiger charge is 2.62. The predicted molar refractivity (Wildman–Crippen MR) is 76.6 cm³/mol. The van der Waals surface area contributed by atoms with E-state index in [0.29, 0.717) is 13.0 Å². The Morgan fingerprint density at radius 2 is 1.94 bits per heavy atom. The molecule has 0 radical (unpaired) electrons. The number of halogens is 4. The first-order valence-corrected chi connectivity index (χ1v) is 7.54. The summed E-state index contributed by atoms with van der Waals surface area (Å²) in [6, 6.07) is 0. The monoisotopic (exact) mass is 334 g/mol. The molecule has 0 spiro atoms. The lowest BCUT2D eigenvalue weighted by atomic mass is 10.1. The molecule has 106 valence electrons. The summed E-state index contributed by atoms with van der Waals surface area (Å²) in [6.07, 6.45) is 0.938. The summed E-state index contributed by atoms with van der Waals surface area (Å²) >= 11 is 23.3. The van der Waals surface area contributed by atoms with Gasteiger partial charge >= 0.3 is 5.97 Å². The Labute approximate surface area is 128 Å². The number of carbonyl (C=O) groups excluding carboxylic acids is 1. The van der Waals surface area contributed by atoms with Crippen LogP contribution in [-0.2, 0) is 9.53 Å². The Hall–Kier alpha value is 0.630. The van der Waals surface area contributed by atoms with Crippen molar-refractivity contribution in [2.45, 2.75) is 42.8 Å². The van der Waals surface area contributed by atoms with Gasteiger partial charge < -0.3 is 4.74 Å². The van der Waals surface area contributed by atoms with E-state index in [9.17, 15) is 4.79 Å². The Balaban J connectivity index is 2.51. The van der Waals surface area contributed by atoms with Crippen LogP contribution in [0.25, 0.3) is 0 Å². The average Bonchev–Trinajstić information content (AvgIpc) is 2.64. The number of alkyl halides is 4. The highest BCUT2D eigenvalue weighted by Crippen LogP contribution is 2.61. The number of hydrogen-bond donors (Lipinski definition) is 0. The molecule has 6 heteroatoms. The third-order valence-corrected chi connectivity index (χ3v) is 4.35. The fraction of sp³-hybridized carbons (Fsp3) is 0.917. The van der Waals surface area contributed by atoms with E-state index in [4.69, 9.17) is 51.1 Å². The molecule has 0 aromatic rings. The molecule has 0 aromatic heterocycles. The highest BCUT2D eigenvalue weighted by atomic mass is 35.6. The van der Waals surface area contributed by atoms with Crippen molar-refractivity contribution in [3.8, 4) is 0 Å². The largest absolute Gasteiger partial charge is 0.466 e. The number of esters is 1. The van der Waals surface area contributed by atoms with E-state index in [2.05, 4.69) is 0 Å². The zero-order chi connectivity index (χ0) is 14.1. The molecule has 1 fully saturated rings. The summed E-state index contributed by atoms with van der Waals surface area (Å²) in [5.41, 5.74) is -0.0764.